The molecule has 1 amide bonds. The summed E-state index contributed by atoms with van der Waals surface area (Å²) < 4.78 is 41.7. The van der Waals surface area contributed by atoms with Crippen LogP contribution in [0.5, 0.6) is 0 Å². The number of hydrogen-bond acceptors (Lipinski definition) is 5. The molecule has 0 unspecified atom stereocenters. The van der Waals surface area contributed by atoms with Crippen molar-refractivity contribution >= 4 is 34.0 Å². The number of carbonyl (C=O) groups excluding carboxylic acids is 1. The first-order valence-corrected chi connectivity index (χ1v) is 9.23. The maximum Gasteiger partial charge on any atom is 0.434 e. The number of halogens is 4. The third-order valence-electron chi connectivity index (χ3n) is 3.62. The molecule has 2 heterocycles. The molecule has 0 aliphatic carbocycles. The summed E-state index contributed by atoms with van der Waals surface area (Å²) >= 11 is 6.96. The zero-order chi connectivity index (χ0) is 20.7. The summed E-state index contributed by atoms with van der Waals surface area (Å²) in [6, 6.07) is 5.76. The molecule has 11 heteroatoms. The van der Waals surface area contributed by atoms with E-state index in [1.54, 1.807) is 0 Å². The lowest BCUT2D eigenvalue weighted by Gasteiger charge is -2.13. The van der Waals surface area contributed by atoms with Gasteiger partial charge in [-0.3, -0.25) is 10.1 Å². The number of benzene rings is 1. The topological polar surface area (TPSA) is 72.7 Å². The van der Waals surface area contributed by atoms with Crippen LogP contribution in [0.15, 0.2) is 30.5 Å². The van der Waals surface area contributed by atoms with Crippen molar-refractivity contribution in [3.63, 3.8) is 0 Å². The van der Waals surface area contributed by atoms with E-state index in [2.05, 4.69) is 20.6 Å². The second-order valence-corrected chi connectivity index (χ2v) is 8.33. The molecule has 0 saturated carbocycles. The van der Waals surface area contributed by atoms with Gasteiger partial charge in [0.15, 0.2) is 5.69 Å². The first-order chi connectivity index (χ1) is 13.0. The Morgan fingerprint density at radius 1 is 1.21 bits per heavy atom. The lowest BCUT2D eigenvalue weighted by molar-refractivity contribution is -0.143. The normalized spacial score (nSPS) is 12.2. The molecule has 28 heavy (non-hydrogen) atoms. The summed E-state index contributed by atoms with van der Waals surface area (Å²) in [5, 5.41) is 14.9. The molecule has 0 radical (unpaired) electrons. The third kappa shape index (κ3) is 4.17. The number of carbonyl (C=O) groups is 1. The standard InChI is InChI=1S/C17H15ClF3N5OS/c1-16(2,3)14-24-25-15(28-14)23-13(27)11-8-22-26(12(11)17(19,20)21)10-6-4-5-9(18)7-10/h4-8H,1-3H3,(H,23,25,27). The average molecular weight is 430 g/mol. The van der Waals surface area contributed by atoms with Gasteiger partial charge in [0.1, 0.15) is 5.01 Å². The Hall–Kier alpha value is -2.46. The molecule has 3 aromatic rings. The Balaban J connectivity index is 1.98. The van der Waals surface area contributed by atoms with Gasteiger partial charge in [-0.2, -0.15) is 18.3 Å². The summed E-state index contributed by atoms with van der Waals surface area (Å²) in [4.78, 5) is 12.5. The number of anilines is 1. The maximum absolute atomic E-state index is 13.7. The summed E-state index contributed by atoms with van der Waals surface area (Å²) in [7, 11) is 0. The van der Waals surface area contributed by atoms with Crippen LogP contribution in [0.4, 0.5) is 18.3 Å². The van der Waals surface area contributed by atoms with Gasteiger partial charge in [0, 0.05) is 10.4 Å². The second kappa shape index (κ2) is 7.17. The minimum Gasteiger partial charge on any atom is -0.296 e. The molecule has 0 fully saturated rings. The van der Waals surface area contributed by atoms with Crippen LogP contribution in [0.1, 0.15) is 41.8 Å². The molecule has 0 atom stereocenters. The van der Waals surface area contributed by atoms with Crippen molar-refractivity contribution in [3.05, 3.63) is 51.7 Å². The van der Waals surface area contributed by atoms with Crippen molar-refractivity contribution < 1.29 is 18.0 Å². The molecular formula is C17H15ClF3N5OS. The van der Waals surface area contributed by atoms with Gasteiger partial charge in [0.2, 0.25) is 5.13 Å². The van der Waals surface area contributed by atoms with Crippen LogP contribution in [0.2, 0.25) is 5.02 Å². The number of amides is 1. The minimum absolute atomic E-state index is 0.0878. The highest BCUT2D eigenvalue weighted by Crippen LogP contribution is 2.35. The number of hydrogen-bond donors (Lipinski definition) is 1. The fraction of sp³-hybridized carbons (Fsp3) is 0.294. The van der Waals surface area contributed by atoms with Crippen LogP contribution in [0.3, 0.4) is 0 Å². The predicted octanol–water partition coefficient (Wildman–Crippen LogP) is 4.95. The van der Waals surface area contributed by atoms with Crippen LogP contribution in [0.25, 0.3) is 5.69 Å². The highest BCUT2D eigenvalue weighted by molar-refractivity contribution is 7.15. The molecule has 0 spiro atoms. The lowest BCUT2D eigenvalue weighted by atomic mass is 9.98. The molecule has 6 nitrogen and oxygen atoms in total. The van der Waals surface area contributed by atoms with E-state index in [0.29, 0.717) is 9.69 Å². The van der Waals surface area contributed by atoms with E-state index in [1.807, 2.05) is 20.8 Å². The van der Waals surface area contributed by atoms with Crippen molar-refractivity contribution in [1.82, 2.24) is 20.0 Å². The highest BCUT2D eigenvalue weighted by atomic mass is 35.5. The Bertz CT molecular complexity index is 1020. The van der Waals surface area contributed by atoms with Crippen molar-refractivity contribution in [2.75, 3.05) is 5.32 Å². The molecule has 0 bridgehead atoms. The van der Waals surface area contributed by atoms with Crippen molar-refractivity contribution in [3.8, 4) is 5.69 Å². The van der Waals surface area contributed by atoms with E-state index in [4.69, 9.17) is 11.6 Å². The zero-order valence-electron chi connectivity index (χ0n) is 15.0. The fourth-order valence-electron chi connectivity index (χ4n) is 2.33. The van der Waals surface area contributed by atoms with Crippen LogP contribution in [0, 0.1) is 0 Å². The fourth-order valence-corrected chi connectivity index (χ4v) is 3.31. The van der Waals surface area contributed by atoms with E-state index in [0.717, 1.165) is 17.5 Å². The summed E-state index contributed by atoms with van der Waals surface area (Å²) in [5.74, 6) is -0.975. The Morgan fingerprint density at radius 2 is 1.93 bits per heavy atom. The highest BCUT2D eigenvalue weighted by Gasteiger charge is 2.40. The van der Waals surface area contributed by atoms with Gasteiger partial charge in [-0.25, -0.2) is 4.68 Å². The first kappa shape index (κ1) is 20.3. The van der Waals surface area contributed by atoms with E-state index in [1.165, 1.54) is 24.3 Å². The first-order valence-electron chi connectivity index (χ1n) is 8.03. The average Bonchev–Trinajstić information content (AvgIpc) is 3.20. The smallest absolute Gasteiger partial charge is 0.296 e. The summed E-state index contributed by atoms with van der Waals surface area (Å²) in [6.45, 7) is 5.74. The minimum atomic E-state index is -4.82. The molecule has 1 aromatic carbocycles. The number of nitrogens with zero attached hydrogens (tertiary/aromatic N) is 4. The van der Waals surface area contributed by atoms with Crippen LogP contribution >= 0.6 is 22.9 Å². The van der Waals surface area contributed by atoms with E-state index in [-0.39, 0.29) is 21.3 Å². The quantitative estimate of drug-likeness (QED) is 0.639. The van der Waals surface area contributed by atoms with Crippen molar-refractivity contribution in [1.29, 1.82) is 0 Å². The molecule has 0 aliphatic heterocycles. The molecule has 148 valence electrons. The van der Waals surface area contributed by atoms with E-state index < -0.39 is 23.3 Å². The zero-order valence-corrected chi connectivity index (χ0v) is 16.6. The summed E-state index contributed by atoms with van der Waals surface area (Å²) in [5.41, 5.74) is -2.03. The Morgan fingerprint density at radius 3 is 2.50 bits per heavy atom. The van der Waals surface area contributed by atoms with Gasteiger partial charge in [-0.15, -0.1) is 10.2 Å². The molecule has 0 aliphatic rings. The van der Waals surface area contributed by atoms with Gasteiger partial charge in [0.05, 0.1) is 17.4 Å². The van der Waals surface area contributed by atoms with Crippen LogP contribution < -0.4 is 5.32 Å². The van der Waals surface area contributed by atoms with Gasteiger partial charge >= 0.3 is 6.18 Å². The largest absolute Gasteiger partial charge is 0.434 e. The molecule has 0 saturated heterocycles. The van der Waals surface area contributed by atoms with E-state index in [9.17, 15) is 18.0 Å². The third-order valence-corrected chi connectivity index (χ3v) is 5.12. The van der Waals surface area contributed by atoms with Crippen LogP contribution in [-0.4, -0.2) is 25.9 Å². The van der Waals surface area contributed by atoms with Crippen LogP contribution in [-0.2, 0) is 11.6 Å². The predicted molar refractivity (Wildman–Crippen MR) is 100 cm³/mol. The molecule has 2 aromatic heterocycles. The second-order valence-electron chi connectivity index (χ2n) is 6.91. The van der Waals surface area contributed by atoms with Crippen molar-refractivity contribution in [2.24, 2.45) is 0 Å². The van der Waals surface area contributed by atoms with Crippen molar-refractivity contribution in [2.45, 2.75) is 32.4 Å². The maximum atomic E-state index is 13.7. The van der Waals surface area contributed by atoms with Gasteiger partial charge in [0.25, 0.3) is 5.91 Å². The number of nitrogens with one attached hydrogen (secondary N) is 1. The summed E-state index contributed by atoms with van der Waals surface area (Å²) in [6.07, 6.45) is -3.95. The number of alkyl halides is 3. The lowest BCUT2D eigenvalue weighted by Crippen LogP contribution is -2.20. The SMILES string of the molecule is CC(C)(C)c1nnc(NC(=O)c2cnn(-c3cccc(Cl)c3)c2C(F)(F)F)s1. The Labute approximate surface area is 167 Å². The monoisotopic (exact) mass is 429 g/mol. The number of rotatable bonds is 3. The van der Waals surface area contributed by atoms with Gasteiger partial charge in [-0.1, -0.05) is 49.8 Å². The molecule has 3 rings (SSSR count). The van der Waals surface area contributed by atoms with Gasteiger partial charge in [-0.05, 0) is 18.2 Å². The number of aromatic nitrogens is 4. The molecular weight excluding hydrogens is 415 g/mol. The Kier molecular flexibility index (Phi) is 5.20. The van der Waals surface area contributed by atoms with Gasteiger partial charge < -0.3 is 0 Å². The van der Waals surface area contributed by atoms with E-state index >= 15 is 0 Å². The molecule has 1 N–H and O–H groups in total.